The minimum atomic E-state index is -0.790. The minimum absolute atomic E-state index is 0.0295. The van der Waals surface area contributed by atoms with E-state index in [0.717, 1.165) is 38.4 Å². The van der Waals surface area contributed by atoms with Crippen molar-refractivity contribution in [3.05, 3.63) is 101 Å². The molecule has 4 aromatic carbocycles. The second kappa shape index (κ2) is 12.1. The first-order valence-electron chi connectivity index (χ1n) is 14.0. The summed E-state index contributed by atoms with van der Waals surface area (Å²) in [5, 5.41) is 3.36. The lowest BCUT2D eigenvalue weighted by molar-refractivity contribution is -0.121. The van der Waals surface area contributed by atoms with E-state index in [1.165, 1.54) is 12.1 Å². The Morgan fingerprint density at radius 3 is 2.49 bits per heavy atom. The summed E-state index contributed by atoms with van der Waals surface area (Å²) < 4.78 is 26.1. The molecule has 0 aliphatic carbocycles. The van der Waals surface area contributed by atoms with E-state index in [2.05, 4.69) is 5.32 Å². The number of likely N-dealkylation sites (N-methyl/N-ethyl adjacent to an activating group) is 1. The lowest BCUT2D eigenvalue weighted by Gasteiger charge is -2.39. The molecule has 0 atom stereocenters. The van der Waals surface area contributed by atoms with Crippen LogP contribution in [0.5, 0.6) is 11.5 Å². The number of halogens is 1. The van der Waals surface area contributed by atoms with Gasteiger partial charge in [-0.05, 0) is 68.0 Å². The summed E-state index contributed by atoms with van der Waals surface area (Å²) in [5.74, 6) is 0.560. The van der Waals surface area contributed by atoms with Gasteiger partial charge in [0.2, 0.25) is 0 Å². The van der Waals surface area contributed by atoms with Crippen LogP contribution in [0.3, 0.4) is 0 Å². The third kappa shape index (κ3) is 5.97. The number of ketones is 1. The van der Waals surface area contributed by atoms with Gasteiger partial charge < -0.3 is 19.7 Å². The number of methoxy groups -OCH3 is 1. The summed E-state index contributed by atoms with van der Waals surface area (Å²) in [7, 11) is 3.35. The number of ether oxygens (including phenoxy) is 2. The van der Waals surface area contributed by atoms with E-state index < -0.39 is 11.4 Å². The van der Waals surface area contributed by atoms with Crippen LogP contribution in [0.15, 0.2) is 77.7 Å². The van der Waals surface area contributed by atoms with E-state index in [-0.39, 0.29) is 24.7 Å². The number of anilines is 2. The van der Waals surface area contributed by atoms with Crippen molar-refractivity contribution in [1.82, 2.24) is 0 Å². The maximum atomic E-state index is 14.1. The van der Waals surface area contributed by atoms with Crippen LogP contribution < -0.4 is 19.7 Å². The number of thioether (sulfide) groups is 1. The molecule has 1 amide bonds. The predicted octanol–water partition coefficient (Wildman–Crippen LogP) is 7.70. The van der Waals surface area contributed by atoms with Crippen molar-refractivity contribution in [3.63, 3.8) is 0 Å². The van der Waals surface area contributed by atoms with Gasteiger partial charge in [-0.1, -0.05) is 42.5 Å². The zero-order valence-electron chi connectivity index (χ0n) is 25.2. The third-order valence-electron chi connectivity index (χ3n) is 7.76. The van der Waals surface area contributed by atoms with Gasteiger partial charge in [-0.25, -0.2) is 4.39 Å². The van der Waals surface area contributed by atoms with Gasteiger partial charge in [-0.2, -0.15) is 0 Å². The monoisotopic (exact) mass is 598 g/mol. The van der Waals surface area contributed by atoms with Gasteiger partial charge in [0.1, 0.15) is 29.5 Å². The zero-order valence-corrected chi connectivity index (χ0v) is 26.0. The number of benzene rings is 4. The van der Waals surface area contributed by atoms with E-state index in [1.807, 2.05) is 81.6 Å². The van der Waals surface area contributed by atoms with Crippen molar-refractivity contribution in [2.24, 2.45) is 0 Å². The number of hydrogen-bond acceptors (Lipinski definition) is 6. The third-order valence-corrected chi connectivity index (χ3v) is 8.55. The maximum Gasteiger partial charge on any atom is 0.251 e. The van der Waals surface area contributed by atoms with Gasteiger partial charge >= 0.3 is 0 Å². The molecule has 1 N–H and O–H groups in total. The highest BCUT2D eigenvalue weighted by Gasteiger charge is 2.38. The molecule has 0 saturated heterocycles. The first kappa shape index (κ1) is 30.2. The minimum Gasteiger partial charge on any atom is -0.496 e. The van der Waals surface area contributed by atoms with E-state index in [1.54, 1.807) is 36.9 Å². The molecule has 0 spiro atoms. The summed E-state index contributed by atoms with van der Waals surface area (Å²) in [4.78, 5) is 29.1. The summed E-state index contributed by atoms with van der Waals surface area (Å²) >= 11 is 1.55. The number of carbonyl (C=O) groups excluding carboxylic acids is 2. The highest BCUT2D eigenvalue weighted by molar-refractivity contribution is 7.98. The zero-order chi connectivity index (χ0) is 30.9. The fraction of sp³-hybridized carbons (Fsp3) is 0.257. The molecule has 0 unspecified atom stereocenters. The van der Waals surface area contributed by atoms with Crippen LogP contribution in [0.25, 0.3) is 11.1 Å². The second-order valence-corrected chi connectivity index (χ2v) is 12.0. The Morgan fingerprint density at radius 2 is 1.74 bits per heavy atom. The average Bonchev–Trinajstić information content (AvgIpc) is 3.00. The number of nitrogens with zero attached hydrogens (tertiary/aromatic N) is 1. The van der Waals surface area contributed by atoms with Crippen LogP contribution in [0.2, 0.25) is 0 Å². The molecule has 5 rings (SSSR count). The molecule has 0 saturated carbocycles. The van der Waals surface area contributed by atoms with Crippen LogP contribution >= 0.6 is 11.8 Å². The molecule has 43 heavy (non-hydrogen) atoms. The Bertz CT molecular complexity index is 1720. The van der Waals surface area contributed by atoms with Crippen molar-refractivity contribution >= 4 is 34.8 Å². The summed E-state index contributed by atoms with van der Waals surface area (Å²) in [6.07, 6.45) is 2.18. The van der Waals surface area contributed by atoms with Crippen molar-refractivity contribution in [3.8, 4) is 22.6 Å². The van der Waals surface area contributed by atoms with Crippen LogP contribution in [0.4, 0.5) is 15.8 Å². The molecular weight excluding hydrogens is 563 g/mol. The Balaban J connectivity index is 1.57. The molecule has 4 aromatic rings. The number of aryl methyl sites for hydroxylation is 1. The highest BCUT2D eigenvalue weighted by atomic mass is 32.2. The summed E-state index contributed by atoms with van der Waals surface area (Å²) in [5.41, 5.74) is 5.34. The number of hydrogen-bond donors (Lipinski definition) is 1. The van der Waals surface area contributed by atoms with E-state index in [9.17, 15) is 14.0 Å². The molecule has 222 valence electrons. The first-order valence-corrected chi connectivity index (χ1v) is 15.2. The molecule has 1 aliphatic heterocycles. The van der Waals surface area contributed by atoms with Crippen LogP contribution in [-0.2, 0) is 17.8 Å². The van der Waals surface area contributed by atoms with Crippen molar-refractivity contribution in [1.29, 1.82) is 0 Å². The molecule has 6 nitrogen and oxygen atoms in total. The summed E-state index contributed by atoms with van der Waals surface area (Å²) in [6.45, 7) is 5.62. The topological polar surface area (TPSA) is 67.9 Å². The molecule has 0 fully saturated rings. The largest absolute Gasteiger partial charge is 0.496 e. The fourth-order valence-electron chi connectivity index (χ4n) is 5.53. The van der Waals surface area contributed by atoms with Gasteiger partial charge in [-0.15, -0.1) is 11.8 Å². The molecule has 0 radical (unpaired) electrons. The second-order valence-electron chi connectivity index (χ2n) is 11.1. The number of carbonyl (C=O) groups is 2. The van der Waals surface area contributed by atoms with Gasteiger partial charge in [0.05, 0.1) is 18.5 Å². The van der Waals surface area contributed by atoms with E-state index in [4.69, 9.17) is 9.47 Å². The van der Waals surface area contributed by atoms with Crippen molar-refractivity contribution in [2.75, 3.05) is 30.6 Å². The lowest BCUT2D eigenvalue weighted by atomic mass is 9.91. The lowest BCUT2D eigenvalue weighted by Crippen LogP contribution is -2.52. The number of fused-ring (bicyclic) bond motifs is 1. The molecule has 0 aromatic heterocycles. The van der Waals surface area contributed by atoms with Gasteiger partial charge in [-0.3, -0.25) is 9.59 Å². The molecule has 1 heterocycles. The van der Waals surface area contributed by atoms with Crippen LogP contribution in [0, 0.1) is 12.7 Å². The standard InChI is InChI=1S/C35H35FN2O4S/c1-21-11-13-23(36)19-30(21)42-20-27-24(15-16-28-33(27)38(4)34(40)35(2,3)37-28)25-14-12-22(18-31(25)41-5)17-29(39)26-9-7-8-10-32(26)43-6/h7-16,18-19,37H,17,20H2,1-6H3. The number of nitrogens with one attached hydrogen (secondary N) is 1. The Hall–Kier alpha value is -4.30. The molecule has 1 aliphatic rings. The predicted molar refractivity (Wildman–Crippen MR) is 171 cm³/mol. The fourth-order valence-corrected chi connectivity index (χ4v) is 6.15. The number of Topliss-reactive ketones (excluding diaryl/α,β-unsaturated/α-hetero) is 1. The Morgan fingerprint density at radius 1 is 1.00 bits per heavy atom. The Labute approximate surface area is 256 Å². The van der Waals surface area contributed by atoms with Crippen LogP contribution in [0.1, 0.15) is 40.9 Å². The smallest absolute Gasteiger partial charge is 0.251 e. The molecule has 0 bridgehead atoms. The van der Waals surface area contributed by atoms with Crippen LogP contribution in [-0.4, -0.2) is 37.6 Å². The number of rotatable bonds is 9. The van der Waals surface area contributed by atoms with Gasteiger partial charge in [0.15, 0.2) is 5.78 Å². The molecular formula is C35H35FN2O4S. The molecule has 8 heteroatoms. The van der Waals surface area contributed by atoms with E-state index in [0.29, 0.717) is 22.7 Å². The van der Waals surface area contributed by atoms with Gasteiger partial charge in [0.25, 0.3) is 5.91 Å². The van der Waals surface area contributed by atoms with E-state index >= 15 is 0 Å². The SMILES string of the molecule is COc1cc(CC(=O)c2ccccc2SC)ccc1-c1ccc2c(c1COc1cc(F)ccc1C)N(C)C(=O)C(C)(C)N2. The summed E-state index contributed by atoms with van der Waals surface area (Å²) in [6, 6.07) is 21.7. The maximum absolute atomic E-state index is 14.1. The quantitative estimate of drug-likeness (QED) is 0.157. The van der Waals surface area contributed by atoms with Crippen molar-refractivity contribution in [2.45, 2.75) is 44.2 Å². The highest BCUT2D eigenvalue weighted by Crippen LogP contribution is 2.44. The normalized spacial score (nSPS) is 13.7. The van der Waals surface area contributed by atoms with Crippen molar-refractivity contribution < 1.29 is 23.5 Å². The van der Waals surface area contributed by atoms with Gasteiger partial charge in [0, 0.05) is 41.1 Å². The number of amides is 1. The average molecular weight is 599 g/mol. The Kier molecular flexibility index (Phi) is 8.51. The first-order chi connectivity index (χ1) is 20.5.